The first kappa shape index (κ1) is 14.1. The van der Waals surface area contributed by atoms with Crippen LogP contribution in [0.4, 0.5) is 4.39 Å². The van der Waals surface area contributed by atoms with Crippen molar-refractivity contribution in [3.05, 3.63) is 29.6 Å². The fraction of sp³-hybridized carbons (Fsp3) is 0.455. The molecule has 17 heavy (non-hydrogen) atoms. The van der Waals surface area contributed by atoms with Crippen LogP contribution in [0.1, 0.15) is 19.4 Å². The summed E-state index contributed by atoms with van der Waals surface area (Å²) in [6.45, 7) is 5.11. The summed E-state index contributed by atoms with van der Waals surface area (Å²) >= 11 is 0. The van der Waals surface area contributed by atoms with Gasteiger partial charge in [0.1, 0.15) is 10.7 Å². The van der Waals surface area contributed by atoms with E-state index in [9.17, 15) is 12.8 Å². The van der Waals surface area contributed by atoms with Crippen molar-refractivity contribution in [2.24, 2.45) is 5.73 Å². The van der Waals surface area contributed by atoms with Crippen LogP contribution in [0.25, 0.3) is 0 Å². The van der Waals surface area contributed by atoms with Crippen LogP contribution in [0.2, 0.25) is 0 Å². The van der Waals surface area contributed by atoms with Crippen LogP contribution in [0.15, 0.2) is 23.1 Å². The Balaban J connectivity index is 3.02. The molecule has 0 saturated heterocycles. The van der Waals surface area contributed by atoms with E-state index in [1.807, 2.05) is 0 Å². The normalized spacial score (nSPS) is 12.8. The van der Waals surface area contributed by atoms with E-state index in [2.05, 4.69) is 4.72 Å². The predicted octanol–water partition coefficient (Wildman–Crippen LogP) is 1.15. The standard InChI is InChI=1S/C11H17FN2O2S/c1-8-4-5-9(12)10(6-8)17(15,16)14-7-11(2,3)13/h4-6,14H,7,13H2,1-3H3. The minimum absolute atomic E-state index is 0.0444. The quantitative estimate of drug-likeness (QED) is 0.853. The van der Waals surface area contributed by atoms with Crippen molar-refractivity contribution in [2.45, 2.75) is 31.2 Å². The topological polar surface area (TPSA) is 72.2 Å². The molecule has 0 aliphatic heterocycles. The molecule has 0 fully saturated rings. The number of hydrogen-bond donors (Lipinski definition) is 2. The van der Waals surface area contributed by atoms with Gasteiger partial charge in [-0.3, -0.25) is 0 Å². The minimum atomic E-state index is -3.85. The number of rotatable bonds is 4. The average molecular weight is 260 g/mol. The third kappa shape index (κ3) is 4.07. The summed E-state index contributed by atoms with van der Waals surface area (Å²) in [5, 5.41) is 0. The first-order valence-electron chi connectivity index (χ1n) is 5.16. The Bertz CT molecular complexity index is 507. The Kier molecular flexibility index (Phi) is 3.91. The fourth-order valence-corrected chi connectivity index (χ4v) is 2.56. The summed E-state index contributed by atoms with van der Waals surface area (Å²) in [4.78, 5) is -0.346. The molecule has 6 heteroatoms. The Morgan fingerprint density at radius 1 is 1.41 bits per heavy atom. The first-order valence-corrected chi connectivity index (χ1v) is 6.65. The molecule has 96 valence electrons. The zero-order valence-electron chi connectivity index (χ0n) is 10.1. The molecule has 0 spiro atoms. The van der Waals surface area contributed by atoms with Gasteiger partial charge in [0, 0.05) is 12.1 Å². The van der Waals surface area contributed by atoms with Gasteiger partial charge in [0.2, 0.25) is 10.0 Å². The Morgan fingerprint density at radius 2 is 2.00 bits per heavy atom. The molecule has 3 N–H and O–H groups in total. The molecular formula is C11H17FN2O2S. The number of aryl methyl sites for hydroxylation is 1. The number of benzene rings is 1. The van der Waals surface area contributed by atoms with Crippen LogP contribution >= 0.6 is 0 Å². The maximum absolute atomic E-state index is 13.4. The highest BCUT2D eigenvalue weighted by Gasteiger charge is 2.21. The molecule has 0 aliphatic rings. The maximum atomic E-state index is 13.4. The number of hydrogen-bond acceptors (Lipinski definition) is 3. The fourth-order valence-electron chi connectivity index (χ4n) is 1.18. The monoisotopic (exact) mass is 260 g/mol. The molecule has 0 heterocycles. The molecule has 1 rings (SSSR count). The largest absolute Gasteiger partial charge is 0.324 e. The van der Waals surface area contributed by atoms with E-state index in [1.54, 1.807) is 20.8 Å². The van der Waals surface area contributed by atoms with Gasteiger partial charge in [-0.25, -0.2) is 17.5 Å². The van der Waals surface area contributed by atoms with Gasteiger partial charge in [0.15, 0.2) is 0 Å². The lowest BCUT2D eigenvalue weighted by Crippen LogP contribution is -2.45. The van der Waals surface area contributed by atoms with Gasteiger partial charge in [0.05, 0.1) is 0 Å². The highest BCUT2D eigenvalue weighted by atomic mass is 32.2. The number of nitrogens with two attached hydrogens (primary N) is 1. The highest BCUT2D eigenvalue weighted by Crippen LogP contribution is 2.16. The molecule has 0 aliphatic carbocycles. The number of sulfonamides is 1. The van der Waals surface area contributed by atoms with Crippen LogP contribution in [0.5, 0.6) is 0 Å². The Labute approximate surface area is 101 Å². The van der Waals surface area contributed by atoms with Crippen molar-refractivity contribution in [3.8, 4) is 0 Å². The predicted molar refractivity (Wildman–Crippen MR) is 64.6 cm³/mol. The molecule has 1 aromatic carbocycles. The van der Waals surface area contributed by atoms with Gasteiger partial charge in [-0.15, -0.1) is 0 Å². The minimum Gasteiger partial charge on any atom is -0.324 e. The SMILES string of the molecule is Cc1ccc(F)c(S(=O)(=O)NCC(C)(C)N)c1. The zero-order valence-corrected chi connectivity index (χ0v) is 10.9. The number of halogens is 1. The highest BCUT2D eigenvalue weighted by molar-refractivity contribution is 7.89. The lowest BCUT2D eigenvalue weighted by atomic mass is 10.1. The van der Waals surface area contributed by atoms with E-state index in [0.717, 1.165) is 6.07 Å². The molecule has 0 radical (unpaired) electrons. The third-order valence-corrected chi connectivity index (χ3v) is 3.51. The second-order valence-electron chi connectivity index (χ2n) is 4.75. The third-order valence-electron chi connectivity index (χ3n) is 2.09. The average Bonchev–Trinajstić information content (AvgIpc) is 2.18. The van der Waals surface area contributed by atoms with Crippen LogP contribution in [0.3, 0.4) is 0 Å². The lowest BCUT2D eigenvalue weighted by Gasteiger charge is -2.19. The van der Waals surface area contributed by atoms with Gasteiger partial charge in [-0.05, 0) is 38.5 Å². The van der Waals surface area contributed by atoms with Crippen molar-refractivity contribution in [2.75, 3.05) is 6.54 Å². The van der Waals surface area contributed by atoms with E-state index in [1.165, 1.54) is 12.1 Å². The second kappa shape index (κ2) is 4.72. The van der Waals surface area contributed by atoms with Crippen molar-refractivity contribution in [3.63, 3.8) is 0 Å². The summed E-state index contributed by atoms with van der Waals surface area (Å²) in [5.41, 5.74) is 5.66. The van der Waals surface area contributed by atoms with Gasteiger partial charge < -0.3 is 5.73 Å². The van der Waals surface area contributed by atoms with E-state index < -0.39 is 21.4 Å². The van der Waals surface area contributed by atoms with Gasteiger partial charge in [0.25, 0.3) is 0 Å². The number of nitrogens with one attached hydrogen (secondary N) is 1. The molecule has 0 bridgehead atoms. The first-order chi connectivity index (χ1) is 7.62. The van der Waals surface area contributed by atoms with Gasteiger partial charge >= 0.3 is 0 Å². The summed E-state index contributed by atoms with van der Waals surface area (Å²) in [6, 6.07) is 3.94. The molecule has 0 atom stereocenters. The molecule has 0 amide bonds. The van der Waals surface area contributed by atoms with Crippen LogP contribution in [0, 0.1) is 12.7 Å². The van der Waals surface area contributed by atoms with Crippen molar-refractivity contribution in [1.82, 2.24) is 4.72 Å². The van der Waals surface area contributed by atoms with E-state index in [0.29, 0.717) is 5.56 Å². The second-order valence-corrected chi connectivity index (χ2v) is 6.48. The summed E-state index contributed by atoms with van der Waals surface area (Å²) in [5.74, 6) is -0.766. The Hall–Kier alpha value is -0.980. The van der Waals surface area contributed by atoms with Crippen molar-refractivity contribution >= 4 is 10.0 Å². The summed E-state index contributed by atoms with van der Waals surface area (Å²) in [7, 11) is -3.85. The lowest BCUT2D eigenvalue weighted by molar-refractivity contribution is 0.494. The van der Waals surface area contributed by atoms with E-state index >= 15 is 0 Å². The van der Waals surface area contributed by atoms with Crippen LogP contribution < -0.4 is 10.5 Å². The van der Waals surface area contributed by atoms with Crippen molar-refractivity contribution < 1.29 is 12.8 Å². The molecule has 0 aromatic heterocycles. The smallest absolute Gasteiger partial charge is 0.243 e. The molecular weight excluding hydrogens is 243 g/mol. The molecule has 0 unspecified atom stereocenters. The molecule has 1 aromatic rings. The molecule has 0 saturated carbocycles. The summed E-state index contributed by atoms with van der Waals surface area (Å²) < 4.78 is 39.4. The van der Waals surface area contributed by atoms with Crippen LogP contribution in [-0.4, -0.2) is 20.5 Å². The zero-order chi connectivity index (χ0) is 13.3. The van der Waals surface area contributed by atoms with Gasteiger partial charge in [-0.1, -0.05) is 6.07 Å². The summed E-state index contributed by atoms with van der Waals surface area (Å²) in [6.07, 6.45) is 0. The molecule has 4 nitrogen and oxygen atoms in total. The maximum Gasteiger partial charge on any atom is 0.243 e. The van der Waals surface area contributed by atoms with E-state index in [-0.39, 0.29) is 11.4 Å². The van der Waals surface area contributed by atoms with E-state index in [4.69, 9.17) is 5.73 Å². The van der Waals surface area contributed by atoms with Crippen LogP contribution in [-0.2, 0) is 10.0 Å². The van der Waals surface area contributed by atoms with Crippen molar-refractivity contribution in [1.29, 1.82) is 0 Å². The Morgan fingerprint density at radius 3 is 2.53 bits per heavy atom. The van der Waals surface area contributed by atoms with Gasteiger partial charge in [-0.2, -0.15) is 0 Å².